The fraction of sp³-hybridized carbons (Fsp3) is 0.455. The van der Waals surface area contributed by atoms with Gasteiger partial charge in [-0.15, -0.1) is 0 Å². The molecule has 2 aromatic carbocycles. The van der Waals surface area contributed by atoms with E-state index in [2.05, 4.69) is 30.3 Å². The third-order valence-electron chi connectivity index (χ3n) is 6.62. The van der Waals surface area contributed by atoms with Gasteiger partial charge < -0.3 is 9.80 Å². The van der Waals surface area contributed by atoms with E-state index >= 15 is 0 Å². The van der Waals surface area contributed by atoms with Gasteiger partial charge in [-0.25, -0.2) is 8.42 Å². The third-order valence-corrected chi connectivity index (χ3v) is 8.53. The van der Waals surface area contributed by atoms with Crippen LogP contribution in [0, 0.1) is 10.1 Å². The van der Waals surface area contributed by atoms with Crippen molar-refractivity contribution in [2.24, 2.45) is 0 Å². The number of hydrogen-bond donors (Lipinski definition) is 2. The maximum atomic E-state index is 12.9. The summed E-state index contributed by atoms with van der Waals surface area (Å²) in [7, 11) is -3.61. The van der Waals surface area contributed by atoms with E-state index in [0.717, 1.165) is 32.7 Å². The summed E-state index contributed by atoms with van der Waals surface area (Å²) in [6, 6.07) is 16.4. The Balaban J connectivity index is 1.28. The summed E-state index contributed by atoms with van der Waals surface area (Å²) in [6.45, 7) is 6.00. The van der Waals surface area contributed by atoms with Gasteiger partial charge in [-0.1, -0.05) is 30.3 Å². The molecule has 2 saturated heterocycles. The lowest BCUT2D eigenvalue weighted by Crippen LogP contribution is -3.21. The van der Waals surface area contributed by atoms with Crippen LogP contribution in [0.1, 0.15) is 18.4 Å². The minimum absolute atomic E-state index is 0.103. The second-order valence-corrected chi connectivity index (χ2v) is 10.4. The molecular weight excluding hydrogens is 416 g/mol. The van der Waals surface area contributed by atoms with Gasteiger partial charge in [0.05, 0.1) is 55.1 Å². The highest BCUT2D eigenvalue weighted by atomic mass is 32.2. The Labute approximate surface area is 183 Å². The maximum absolute atomic E-state index is 12.9. The summed E-state index contributed by atoms with van der Waals surface area (Å²) in [5, 5.41) is 10.8. The quantitative estimate of drug-likeness (QED) is 0.472. The monoisotopic (exact) mass is 446 g/mol. The second kappa shape index (κ2) is 9.44. The first kappa shape index (κ1) is 21.9. The van der Waals surface area contributed by atoms with E-state index in [4.69, 9.17) is 0 Å². The molecule has 0 amide bonds. The maximum Gasteiger partial charge on any atom is 0.269 e. The lowest BCUT2D eigenvalue weighted by molar-refractivity contribution is -0.965. The first-order chi connectivity index (χ1) is 14.9. The molecule has 4 rings (SSSR count). The van der Waals surface area contributed by atoms with Crippen LogP contribution in [-0.4, -0.2) is 63.0 Å². The van der Waals surface area contributed by atoms with Crippen LogP contribution in [0.3, 0.4) is 0 Å². The fourth-order valence-corrected chi connectivity index (χ4v) is 6.25. The molecule has 2 aromatic rings. The minimum Gasteiger partial charge on any atom is -0.331 e. The first-order valence-corrected chi connectivity index (χ1v) is 12.3. The van der Waals surface area contributed by atoms with Crippen molar-refractivity contribution in [2.75, 3.05) is 39.3 Å². The molecule has 0 spiro atoms. The number of rotatable bonds is 6. The van der Waals surface area contributed by atoms with E-state index < -0.39 is 14.9 Å². The third kappa shape index (κ3) is 5.12. The Hall–Kier alpha value is -2.33. The SMILES string of the molecule is O=[N+]([O-])c1ccc(S(=O)(=O)N2CC[NH+](C3CC[NH+](Cc4ccccc4)CC3)CC2)cc1. The van der Waals surface area contributed by atoms with Crippen molar-refractivity contribution in [3.63, 3.8) is 0 Å². The van der Waals surface area contributed by atoms with Gasteiger partial charge in [-0.3, -0.25) is 10.1 Å². The normalized spacial score (nSPS) is 23.5. The molecule has 8 nitrogen and oxygen atoms in total. The van der Waals surface area contributed by atoms with Crippen LogP contribution in [0.4, 0.5) is 5.69 Å². The van der Waals surface area contributed by atoms with Gasteiger partial charge in [0.15, 0.2) is 0 Å². The van der Waals surface area contributed by atoms with Crippen molar-refractivity contribution in [1.82, 2.24) is 4.31 Å². The number of nitrogens with one attached hydrogen (secondary N) is 2. The van der Waals surface area contributed by atoms with Crippen molar-refractivity contribution in [1.29, 1.82) is 0 Å². The standard InChI is InChI=1S/C22H28N4O4S/c27-26(28)21-6-8-22(9-7-21)31(29,30)25-16-14-24(15-17-25)20-10-12-23(13-11-20)18-19-4-2-1-3-5-19/h1-9,20H,10-18H2/p+2. The average Bonchev–Trinajstić information content (AvgIpc) is 2.80. The molecule has 0 aliphatic carbocycles. The zero-order valence-electron chi connectivity index (χ0n) is 17.6. The van der Waals surface area contributed by atoms with Crippen molar-refractivity contribution < 1.29 is 23.1 Å². The second-order valence-electron chi connectivity index (χ2n) is 8.50. The molecule has 0 aromatic heterocycles. The largest absolute Gasteiger partial charge is 0.331 e. The lowest BCUT2D eigenvalue weighted by atomic mass is 10.0. The molecular formula is C22H30N4O4S+2. The van der Waals surface area contributed by atoms with Gasteiger partial charge >= 0.3 is 0 Å². The Morgan fingerprint density at radius 3 is 2.13 bits per heavy atom. The van der Waals surface area contributed by atoms with Gasteiger partial charge in [0.25, 0.3) is 5.69 Å². The number of non-ortho nitro benzene ring substituents is 1. The van der Waals surface area contributed by atoms with E-state index in [1.165, 1.54) is 51.9 Å². The van der Waals surface area contributed by atoms with E-state index in [-0.39, 0.29) is 10.6 Å². The van der Waals surface area contributed by atoms with Gasteiger partial charge in [-0.2, -0.15) is 4.31 Å². The summed E-state index contributed by atoms with van der Waals surface area (Å²) in [5.74, 6) is 0. The number of benzene rings is 2. The van der Waals surface area contributed by atoms with Crippen LogP contribution < -0.4 is 9.80 Å². The lowest BCUT2D eigenvalue weighted by Gasteiger charge is -2.38. The highest BCUT2D eigenvalue weighted by Crippen LogP contribution is 2.19. The summed E-state index contributed by atoms with van der Waals surface area (Å²) in [6.07, 6.45) is 2.35. The number of piperidine rings is 1. The highest BCUT2D eigenvalue weighted by Gasteiger charge is 2.36. The number of sulfonamides is 1. The van der Waals surface area contributed by atoms with E-state index in [1.807, 2.05) is 0 Å². The van der Waals surface area contributed by atoms with Gasteiger partial charge in [0.1, 0.15) is 6.54 Å². The van der Waals surface area contributed by atoms with E-state index in [0.29, 0.717) is 19.1 Å². The minimum atomic E-state index is -3.61. The van der Waals surface area contributed by atoms with Crippen LogP contribution >= 0.6 is 0 Å². The molecule has 2 fully saturated rings. The van der Waals surface area contributed by atoms with Gasteiger partial charge in [-0.05, 0) is 12.1 Å². The molecule has 0 bridgehead atoms. The van der Waals surface area contributed by atoms with Gasteiger partial charge in [0, 0.05) is 30.5 Å². The molecule has 2 N–H and O–H groups in total. The highest BCUT2D eigenvalue weighted by molar-refractivity contribution is 7.89. The summed E-state index contributed by atoms with van der Waals surface area (Å²) in [5.41, 5.74) is 1.28. The summed E-state index contributed by atoms with van der Waals surface area (Å²) in [4.78, 5) is 13.5. The predicted octanol–water partition coefficient (Wildman–Crippen LogP) is -0.268. The Bertz CT molecular complexity index is 982. The topological polar surface area (TPSA) is 89.4 Å². The van der Waals surface area contributed by atoms with E-state index in [1.54, 1.807) is 4.90 Å². The zero-order valence-corrected chi connectivity index (χ0v) is 18.4. The van der Waals surface area contributed by atoms with Crippen LogP contribution in [0.5, 0.6) is 0 Å². The predicted molar refractivity (Wildman–Crippen MR) is 116 cm³/mol. The molecule has 0 radical (unpaired) electrons. The molecule has 9 heteroatoms. The molecule has 2 heterocycles. The number of nitro benzene ring substituents is 1. The van der Waals surface area contributed by atoms with Crippen molar-refractivity contribution in [2.45, 2.75) is 30.3 Å². The average molecular weight is 447 g/mol. The first-order valence-electron chi connectivity index (χ1n) is 10.9. The smallest absolute Gasteiger partial charge is 0.269 e. The molecule has 0 saturated carbocycles. The number of likely N-dealkylation sites (tertiary alicyclic amines) is 1. The fourth-order valence-electron chi connectivity index (χ4n) is 4.81. The van der Waals surface area contributed by atoms with Crippen molar-refractivity contribution >= 4 is 15.7 Å². The van der Waals surface area contributed by atoms with Crippen LogP contribution in [-0.2, 0) is 16.6 Å². The zero-order chi connectivity index (χ0) is 21.8. The number of piperazine rings is 1. The van der Waals surface area contributed by atoms with Crippen LogP contribution in [0.15, 0.2) is 59.5 Å². The molecule has 31 heavy (non-hydrogen) atoms. The number of nitro groups is 1. The molecule has 2 aliphatic heterocycles. The Kier molecular flexibility index (Phi) is 6.66. The van der Waals surface area contributed by atoms with Crippen molar-refractivity contribution in [3.05, 3.63) is 70.3 Å². The Morgan fingerprint density at radius 2 is 1.55 bits per heavy atom. The number of quaternary nitrogens is 2. The van der Waals surface area contributed by atoms with Crippen LogP contribution in [0.2, 0.25) is 0 Å². The molecule has 166 valence electrons. The van der Waals surface area contributed by atoms with Crippen LogP contribution in [0.25, 0.3) is 0 Å². The van der Waals surface area contributed by atoms with E-state index in [9.17, 15) is 18.5 Å². The summed E-state index contributed by atoms with van der Waals surface area (Å²) >= 11 is 0. The van der Waals surface area contributed by atoms with Crippen molar-refractivity contribution in [3.8, 4) is 0 Å². The van der Waals surface area contributed by atoms with Gasteiger partial charge in [0.2, 0.25) is 10.0 Å². The molecule has 0 unspecified atom stereocenters. The molecule has 0 atom stereocenters. The number of nitrogens with zero attached hydrogens (tertiary/aromatic N) is 2. The summed E-state index contributed by atoms with van der Waals surface area (Å²) < 4.78 is 27.3. The number of hydrogen-bond acceptors (Lipinski definition) is 4. The Morgan fingerprint density at radius 1 is 0.935 bits per heavy atom. The molecule has 2 aliphatic rings.